The van der Waals surface area contributed by atoms with Crippen LogP contribution in [-0.2, 0) is 22.7 Å². The van der Waals surface area contributed by atoms with E-state index in [1.165, 1.54) is 25.7 Å². The number of benzene rings is 2. The van der Waals surface area contributed by atoms with Gasteiger partial charge in [-0.25, -0.2) is 19.3 Å². The molecule has 13 heteroatoms. The van der Waals surface area contributed by atoms with Crippen molar-refractivity contribution in [1.82, 2.24) is 20.4 Å². The van der Waals surface area contributed by atoms with Gasteiger partial charge in [-0.1, -0.05) is 73.7 Å². The molecule has 0 spiro atoms. The van der Waals surface area contributed by atoms with E-state index in [9.17, 15) is 9.59 Å². The Morgan fingerprint density at radius 1 is 0.796 bits per heavy atom. The van der Waals surface area contributed by atoms with E-state index in [1.807, 2.05) is 79.9 Å². The molecule has 0 radical (unpaired) electrons. The number of guanidine groups is 2. The first-order chi connectivity index (χ1) is 23.7. The summed E-state index contributed by atoms with van der Waals surface area (Å²) < 4.78 is 12.1. The summed E-state index contributed by atoms with van der Waals surface area (Å²) in [6.45, 7) is 5.86. The number of nitrogens with zero attached hydrogens (tertiary/aromatic N) is 4. The lowest BCUT2D eigenvalue weighted by atomic mass is 9.94. The number of carbonyl (C=O) groups excluding carboxylic acids is 2. The Balaban J connectivity index is 0.000000246. The average Bonchev–Trinajstić information content (AvgIpc) is 3.59. The summed E-state index contributed by atoms with van der Waals surface area (Å²) in [5.74, 6) is 0.274. The molecule has 0 saturated heterocycles. The zero-order chi connectivity index (χ0) is 35.3. The molecule has 13 nitrogen and oxygen atoms in total. The van der Waals surface area contributed by atoms with E-state index in [-0.39, 0.29) is 31.2 Å². The normalized spacial score (nSPS) is 14.7. The fraction of sp³-hybridized carbons (Fsp3) is 0.417. The van der Waals surface area contributed by atoms with Crippen LogP contribution in [0.5, 0.6) is 0 Å². The number of allylic oxidation sites excluding steroid dienone is 1. The molecular formula is C36H51N9O4. The molecule has 2 aromatic carbocycles. The minimum atomic E-state index is -0.690. The van der Waals surface area contributed by atoms with Crippen molar-refractivity contribution in [3.63, 3.8) is 0 Å². The second kappa shape index (κ2) is 21.7. The van der Waals surface area contributed by atoms with Crippen LogP contribution in [0.4, 0.5) is 9.59 Å². The van der Waals surface area contributed by atoms with Gasteiger partial charge < -0.3 is 26.7 Å². The van der Waals surface area contributed by atoms with Crippen LogP contribution in [0.2, 0.25) is 0 Å². The highest BCUT2D eigenvalue weighted by molar-refractivity contribution is 6.01. The lowest BCUT2D eigenvalue weighted by molar-refractivity contribution is 0.141. The molecule has 3 fully saturated rings. The predicted molar refractivity (Wildman–Crippen MR) is 193 cm³/mol. The van der Waals surface area contributed by atoms with Gasteiger partial charge in [0.1, 0.15) is 13.2 Å². The SMILES string of the molecule is C=C(C)n1cccn1.NC(N)=NC1CCC1.NC1CCC1.O=C(NC(=NC1CCC1)NC(=O)OCc1ccccc1)OCc1ccccc1. The van der Waals surface area contributed by atoms with Crippen LogP contribution in [-0.4, -0.2) is 52.0 Å². The van der Waals surface area contributed by atoms with Gasteiger partial charge in [-0.05, 0) is 75.5 Å². The molecule has 3 saturated carbocycles. The number of rotatable bonds is 7. The molecule has 3 aromatic rings. The lowest BCUT2D eigenvalue weighted by Crippen LogP contribution is -2.45. The molecule has 0 atom stereocenters. The summed E-state index contributed by atoms with van der Waals surface area (Å²) in [6, 6.07) is 21.6. The molecule has 3 aliphatic rings. The lowest BCUT2D eigenvalue weighted by Gasteiger charge is -2.22. The molecule has 3 aliphatic carbocycles. The Morgan fingerprint density at radius 3 is 1.53 bits per heavy atom. The molecule has 0 aliphatic heterocycles. The van der Waals surface area contributed by atoms with Crippen LogP contribution in [0.3, 0.4) is 0 Å². The van der Waals surface area contributed by atoms with E-state index in [0.717, 1.165) is 48.9 Å². The standard InChI is InChI=1S/C21H23N3O4.C6H8N2.C5H11N3.C4H9N/c25-20(27-14-16-8-3-1-4-9-16)23-19(22-18-12-7-13-18)24-21(26)28-15-17-10-5-2-6-11-17;1-6(2)8-5-3-4-7-8;6-5(7)8-4-2-1-3-4;5-4-2-1-3-4/h1-6,8-11,18H,7,12-15H2,(H2,22,23,24,25,26);3-5H,1H2,2H3;4H,1-3H2,(H4,6,7,8);4H,1-3,5H2. The second-order valence-corrected chi connectivity index (χ2v) is 12.0. The molecule has 49 heavy (non-hydrogen) atoms. The number of nitrogens with one attached hydrogen (secondary N) is 2. The average molecular weight is 674 g/mol. The van der Waals surface area contributed by atoms with Crippen LogP contribution < -0.4 is 27.8 Å². The van der Waals surface area contributed by atoms with Crippen molar-refractivity contribution in [3.05, 3.63) is 96.8 Å². The van der Waals surface area contributed by atoms with E-state index in [1.54, 1.807) is 10.9 Å². The van der Waals surface area contributed by atoms with Crippen molar-refractivity contribution in [2.24, 2.45) is 27.2 Å². The van der Waals surface area contributed by atoms with E-state index >= 15 is 0 Å². The predicted octanol–water partition coefficient (Wildman–Crippen LogP) is 5.43. The fourth-order valence-electron chi connectivity index (χ4n) is 4.17. The zero-order valence-electron chi connectivity index (χ0n) is 28.4. The quantitative estimate of drug-likeness (QED) is 0.162. The van der Waals surface area contributed by atoms with Gasteiger partial charge in [0, 0.05) is 24.1 Å². The summed E-state index contributed by atoms with van der Waals surface area (Å²) in [7, 11) is 0. The maximum absolute atomic E-state index is 12.1. The van der Waals surface area contributed by atoms with Gasteiger partial charge in [0.25, 0.3) is 0 Å². The number of aromatic nitrogens is 2. The first kappa shape index (κ1) is 38.3. The van der Waals surface area contributed by atoms with Crippen LogP contribution >= 0.6 is 0 Å². The summed E-state index contributed by atoms with van der Waals surface area (Å²) in [6.07, 6.45) is 12.6. The molecule has 1 aromatic heterocycles. The van der Waals surface area contributed by atoms with Gasteiger partial charge in [0.15, 0.2) is 5.96 Å². The van der Waals surface area contributed by atoms with Crippen molar-refractivity contribution >= 4 is 29.8 Å². The maximum Gasteiger partial charge on any atom is 0.414 e. The van der Waals surface area contributed by atoms with Crippen LogP contribution in [0, 0.1) is 0 Å². The molecule has 2 amide bonds. The molecule has 1 heterocycles. The molecule has 0 unspecified atom stereocenters. The third kappa shape index (κ3) is 16.5. The maximum atomic E-state index is 12.1. The third-order valence-corrected chi connectivity index (χ3v) is 7.70. The van der Waals surface area contributed by atoms with Crippen molar-refractivity contribution in [1.29, 1.82) is 0 Å². The minimum absolute atomic E-state index is 0.0424. The number of hydrogen-bond donors (Lipinski definition) is 5. The number of carbonyl (C=O) groups is 2. The van der Waals surface area contributed by atoms with E-state index in [0.29, 0.717) is 12.1 Å². The van der Waals surface area contributed by atoms with E-state index in [4.69, 9.17) is 26.7 Å². The number of hydrogen-bond acceptors (Lipinski definition) is 8. The second-order valence-electron chi connectivity index (χ2n) is 12.0. The number of nitrogens with two attached hydrogens (primary N) is 3. The summed E-state index contributed by atoms with van der Waals surface area (Å²) in [5.41, 5.74) is 18.3. The van der Waals surface area contributed by atoms with Crippen molar-refractivity contribution < 1.29 is 19.1 Å². The molecule has 264 valence electrons. The third-order valence-electron chi connectivity index (χ3n) is 7.70. The number of aliphatic imine (C=N–C) groups is 2. The highest BCUT2D eigenvalue weighted by Gasteiger charge is 2.20. The van der Waals surface area contributed by atoms with E-state index in [2.05, 4.69) is 32.3 Å². The Labute approximate surface area is 289 Å². The first-order valence-corrected chi connectivity index (χ1v) is 16.7. The Bertz CT molecular complexity index is 1390. The van der Waals surface area contributed by atoms with Gasteiger partial charge in [0.05, 0.1) is 12.1 Å². The zero-order valence-corrected chi connectivity index (χ0v) is 28.4. The summed E-state index contributed by atoms with van der Waals surface area (Å²) >= 11 is 0. The fourth-order valence-corrected chi connectivity index (χ4v) is 4.17. The van der Waals surface area contributed by atoms with Gasteiger partial charge in [-0.15, -0.1) is 0 Å². The first-order valence-electron chi connectivity index (χ1n) is 16.7. The van der Waals surface area contributed by atoms with E-state index < -0.39 is 12.2 Å². The molecule has 6 rings (SSSR count). The number of amides is 2. The smallest absolute Gasteiger partial charge is 0.414 e. The number of alkyl carbamates (subject to hydrolysis) is 2. The van der Waals surface area contributed by atoms with Crippen LogP contribution in [0.25, 0.3) is 5.70 Å². The molecule has 8 N–H and O–H groups in total. The van der Waals surface area contributed by atoms with Gasteiger partial charge in [0.2, 0.25) is 5.96 Å². The van der Waals surface area contributed by atoms with Gasteiger partial charge >= 0.3 is 12.2 Å². The summed E-state index contributed by atoms with van der Waals surface area (Å²) in [5, 5.41) is 8.92. The Hall–Kier alpha value is -5.17. The van der Waals surface area contributed by atoms with Crippen molar-refractivity contribution in [2.45, 2.75) is 96.1 Å². The van der Waals surface area contributed by atoms with Gasteiger partial charge in [-0.3, -0.25) is 15.6 Å². The minimum Gasteiger partial charge on any atom is -0.444 e. The van der Waals surface area contributed by atoms with Crippen LogP contribution in [0.1, 0.15) is 75.8 Å². The Morgan fingerprint density at radius 2 is 1.24 bits per heavy atom. The van der Waals surface area contributed by atoms with Crippen LogP contribution in [0.15, 0.2) is 95.7 Å². The summed E-state index contributed by atoms with van der Waals surface area (Å²) in [4.78, 5) is 32.5. The molecular weight excluding hydrogens is 622 g/mol. The highest BCUT2D eigenvalue weighted by atomic mass is 16.6. The largest absolute Gasteiger partial charge is 0.444 e. The topological polar surface area (TPSA) is 197 Å². The Kier molecular flexibility index (Phi) is 16.9. The van der Waals surface area contributed by atoms with Crippen molar-refractivity contribution in [3.8, 4) is 0 Å². The molecule has 0 bridgehead atoms. The number of ether oxygens (including phenoxy) is 2. The highest BCUT2D eigenvalue weighted by Crippen LogP contribution is 2.22. The van der Waals surface area contributed by atoms with Gasteiger partial charge in [-0.2, -0.15) is 5.10 Å². The monoisotopic (exact) mass is 673 g/mol. The van der Waals surface area contributed by atoms with Crippen molar-refractivity contribution in [2.75, 3.05) is 0 Å².